The SMILES string of the molecule is CCNC(=NCc1nnc(C)n1C)NCC(c1cccs1)N1CCOC(C)C1. The predicted octanol–water partition coefficient (Wildman–Crippen LogP) is 1.70. The molecule has 1 saturated heterocycles. The topological polar surface area (TPSA) is 79.6 Å². The quantitative estimate of drug-likeness (QED) is 0.539. The van der Waals surface area contributed by atoms with Crippen molar-refractivity contribution in [2.24, 2.45) is 12.0 Å². The van der Waals surface area contributed by atoms with Crippen molar-refractivity contribution in [1.29, 1.82) is 0 Å². The van der Waals surface area contributed by atoms with Gasteiger partial charge in [-0.15, -0.1) is 21.5 Å². The van der Waals surface area contributed by atoms with Gasteiger partial charge in [0.25, 0.3) is 0 Å². The van der Waals surface area contributed by atoms with Crippen LogP contribution in [0.1, 0.15) is 36.4 Å². The Morgan fingerprint density at radius 3 is 2.93 bits per heavy atom. The van der Waals surface area contributed by atoms with Crippen LogP contribution in [-0.4, -0.2) is 64.5 Å². The first-order valence-electron chi connectivity index (χ1n) is 9.84. The summed E-state index contributed by atoms with van der Waals surface area (Å²) in [6, 6.07) is 4.63. The van der Waals surface area contributed by atoms with E-state index in [1.54, 1.807) is 11.3 Å². The molecule has 3 rings (SSSR count). The van der Waals surface area contributed by atoms with Gasteiger partial charge in [0.2, 0.25) is 0 Å². The molecule has 0 spiro atoms. The minimum atomic E-state index is 0.261. The third-order valence-electron chi connectivity index (χ3n) is 4.95. The van der Waals surface area contributed by atoms with Crippen LogP contribution in [0.15, 0.2) is 22.5 Å². The van der Waals surface area contributed by atoms with Gasteiger partial charge in [0.05, 0.1) is 18.8 Å². The average molecular weight is 406 g/mol. The lowest BCUT2D eigenvalue weighted by Crippen LogP contribution is -2.48. The van der Waals surface area contributed by atoms with E-state index in [0.717, 1.165) is 50.4 Å². The molecule has 28 heavy (non-hydrogen) atoms. The average Bonchev–Trinajstić information content (AvgIpc) is 3.32. The van der Waals surface area contributed by atoms with Crippen LogP contribution in [0.2, 0.25) is 0 Å². The highest BCUT2D eigenvalue weighted by Crippen LogP contribution is 2.26. The summed E-state index contributed by atoms with van der Waals surface area (Å²) in [4.78, 5) is 8.57. The first-order chi connectivity index (χ1) is 13.6. The predicted molar refractivity (Wildman–Crippen MR) is 113 cm³/mol. The van der Waals surface area contributed by atoms with Gasteiger partial charge in [0, 0.05) is 38.1 Å². The fourth-order valence-corrected chi connectivity index (χ4v) is 4.15. The fraction of sp³-hybridized carbons (Fsp3) is 0.632. The second-order valence-corrected chi connectivity index (χ2v) is 7.99. The molecule has 154 valence electrons. The third kappa shape index (κ3) is 5.30. The van der Waals surface area contributed by atoms with Crippen molar-refractivity contribution in [3.63, 3.8) is 0 Å². The maximum absolute atomic E-state index is 5.73. The van der Waals surface area contributed by atoms with E-state index in [9.17, 15) is 0 Å². The minimum Gasteiger partial charge on any atom is -0.376 e. The normalized spacial score (nSPS) is 19.6. The Bertz CT molecular complexity index is 758. The molecule has 1 aliphatic heterocycles. The summed E-state index contributed by atoms with van der Waals surface area (Å²) < 4.78 is 7.70. The molecule has 0 bridgehead atoms. The summed E-state index contributed by atoms with van der Waals surface area (Å²) in [5.74, 6) is 2.54. The summed E-state index contributed by atoms with van der Waals surface area (Å²) in [6.45, 7) is 10.9. The van der Waals surface area contributed by atoms with Crippen LogP contribution < -0.4 is 10.6 Å². The van der Waals surface area contributed by atoms with E-state index < -0.39 is 0 Å². The number of rotatable bonds is 7. The molecule has 3 heterocycles. The van der Waals surface area contributed by atoms with Gasteiger partial charge in [-0.1, -0.05) is 6.07 Å². The highest BCUT2D eigenvalue weighted by Gasteiger charge is 2.26. The lowest BCUT2D eigenvalue weighted by molar-refractivity contribution is -0.0334. The number of morpholine rings is 1. The van der Waals surface area contributed by atoms with Crippen LogP contribution >= 0.6 is 11.3 Å². The van der Waals surface area contributed by atoms with Crippen LogP contribution in [0.3, 0.4) is 0 Å². The summed E-state index contributed by atoms with van der Waals surface area (Å²) in [7, 11) is 1.97. The van der Waals surface area contributed by atoms with Crippen LogP contribution in [0.5, 0.6) is 0 Å². The first-order valence-corrected chi connectivity index (χ1v) is 10.7. The molecule has 0 radical (unpaired) electrons. The minimum absolute atomic E-state index is 0.261. The Morgan fingerprint density at radius 1 is 1.43 bits per heavy atom. The molecule has 2 atom stereocenters. The van der Waals surface area contributed by atoms with Crippen molar-refractivity contribution >= 4 is 17.3 Å². The monoisotopic (exact) mass is 405 g/mol. The molecule has 1 fully saturated rings. The van der Waals surface area contributed by atoms with E-state index >= 15 is 0 Å². The zero-order valence-corrected chi connectivity index (χ0v) is 18.0. The lowest BCUT2D eigenvalue weighted by Gasteiger charge is -2.37. The smallest absolute Gasteiger partial charge is 0.191 e. The number of nitrogens with zero attached hydrogens (tertiary/aromatic N) is 5. The second kappa shape index (κ2) is 9.99. The van der Waals surface area contributed by atoms with Crippen LogP contribution in [0.4, 0.5) is 0 Å². The summed E-state index contributed by atoms with van der Waals surface area (Å²) in [6.07, 6.45) is 0.261. The van der Waals surface area contributed by atoms with Gasteiger partial charge in [0.1, 0.15) is 12.4 Å². The number of guanidine groups is 1. The van der Waals surface area contributed by atoms with Gasteiger partial charge < -0.3 is 19.9 Å². The summed E-state index contributed by atoms with van der Waals surface area (Å²) >= 11 is 1.80. The van der Waals surface area contributed by atoms with E-state index in [1.807, 2.05) is 18.5 Å². The number of hydrogen-bond acceptors (Lipinski definition) is 6. The number of thiophene rings is 1. The second-order valence-electron chi connectivity index (χ2n) is 7.01. The van der Waals surface area contributed by atoms with Gasteiger partial charge >= 0.3 is 0 Å². The molecule has 0 saturated carbocycles. The standard InChI is InChI=1S/C19H31N7OS/c1-5-20-19(22-12-18-24-23-15(3)25(18)4)21-11-16(17-7-6-10-28-17)26-8-9-27-14(2)13-26/h6-7,10,14,16H,5,8-9,11-13H2,1-4H3,(H2,20,21,22). The zero-order chi connectivity index (χ0) is 19.9. The summed E-state index contributed by atoms with van der Waals surface area (Å²) in [5, 5.41) is 17.3. The Balaban J connectivity index is 1.68. The Morgan fingerprint density at radius 2 is 2.29 bits per heavy atom. The number of aromatic nitrogens is 3. The Hall–Kier alpha value is -1.97. The van der Waals surface area contributed by atoms with E-state index in [-0.39, 0.29) is 6.10 Å². The van der Waals surface area contributed by atoms with Crippen molar-refractivity contribution in [3.05, 3.63) is 34.0 Å². The van der Waals surface area contributed by atoms with E-state index in [2.05, 4.69) is 57.1 Å². The molecule has 0 aromatic carbocycles. The van der Waals surface area contributed by atoms with Gasteiger partial charge in [-0.25, -0.2) is 4.99 Å². The van der Waals surface area contributed by atoms with Gasteiger partial charge in [0.15, 0.2) is 11.8 Å². The number of hydrogen-bond donors (Lipinski definition) is 2. The molecule has 2 unspecified atom stereocenters. The number of aryl methyl sites for hydroxylation is 1. The maximum atomic E-state index is 5.73. The van der Waals surface area contributed by atoms with Crippen LogP contribution in [0, 0.1) is 6.92 Å². The number of nitrogens with one attached hydrogen (secondary N) is 2. The van der Waals surface area contributed by atoms with E-state index in [4.69, 9.17) is 9.73 Å². The van der Waals surface area contributed by atoms with Gasteiger partial charge in [-0.3, -0.25) is 4.90 Å². The lowest BCUT2D eigenvalue weighted by atomic mass is 10.1. The maximum Gasteiger partial charge on any atom is 0.191 e. The highest BCUT2D eigenvalue weighted by molar-refractivity contribution is 7.10. The van der Waals surface area contributed by atoms with Crippen LogP contribution in [0.25, 0.3) is 0 Å². The van der Waals surface area contributed by atoms with Gasteiger partial charge in [-0.05, 0) is 32.2 Å². The zero-order valence-electron chi connectivity index (χ0n) is 17.2. The molecule has 1 aliphatic rings. The molecular weight excluding hydrogens is 374 g/mol. The van der Waals surface area contributed by atoms with Crippen molar-refractivity contribution in [1.82, 2.24) is 30.3 Å². The van der Waals surface area contributed by atoms with Crippen molar-refractivity contribution in [3.8, 4) is 0 Å². The Labute approximate surface area is 171 Å². The third-order valence-corrected chi connectivity index (χ3v) is 5.93. The molecule has 0 amide bonds. The van der Waals surface area contributed by atoms with Crippen LogP contribution in [-0.2, 0) is 18.3 Å². The van der Waals surface area contributed by atoms with Gasteiger partial charge in [-0.2, -0.15) is 0 Å². The molecule has 0 aliphatic carbocycles. The van der Waals surface area contributed by atoms with E-state index in [0.29, 0.717) is 12.6 Å². The molecule has 2 aromatic rings. The molecule has 8 nitrogen and oxygen atoms in total. The number of ether oxygens (including phenoxy) is 1. The van der Waals surface area contributed by atoms with E-state index in [1.165, 1.54) is 4.88 Å². The highest BCUT2D eigenvalue weighted by atomic mass is 32.1. The Kier molecular flexibility index (Phi) is 7.41. The van der Waals surface area contributed by atoms with Crippen molar-refractivity contribution in [2.75, 3.05) is 32.8 Å². The fourth-order valence-electron chi connectivity index (χ4n) is 3.29. The molecule has 2 aromatic heterocycles. The van der Waals surface area contributed by atoms with Crippen molar-refractivity contribution in [2.45, 2.75) is 39.5 Å². The number of aliphatic imine (C=N–C) groups is 1. The first kappa shape index (κ1) is 20.8. The molecule has 2 N–H and O–H groups in total. The summed E-state index contributed by atoms with van der Waals surface area (Å²) in [5.41, 5.74) is 0. The molecule has 9 heteroatoms. The van der Waals surface area contributed by atoms with Crippen molar-refractivity contribution < 1.29 is 4.74 Å². The largest absolute Gasteiger partial charge is 0.376 e. The molecular formula is C19H31N7OS.